The number of rotatable bonds is 4. The fraction of sp³-hybridized carbons (Fsp3) is 0.261. The highest BCUT2D eigenvalue weighted by Crippen LogP contribution is 2.26. The van der Waals surface area contributed by atoms with Crippen LogP contribution in [-0.4, -0.2) is 52.1 Å². The van der Waals surface area contributed by atoms with E-state index < -0.39 is 4.92 Å². The molecule has 0 radical (unpaired) electrons. The third-order valence-corrected chi connectivity index (χ3v) is 5.92. The third-order valence-electron chi connectivity index (χ3n) is 5.59. The number of nitro benzene ring substituents is 1. The summed E-state index contributed by atoms with van der Waals surface area (Å²) in [6, 6.07) is 14.0. The minimum atomic E-state index is -0.536. The summed E-state index contributed by atoms with van der Waals surface area (Å²) >= 11 is 6.13. The van der Waals surface area contributed by atoms with E-state index >= 15 is 0 Å². The first kappa shape index (κ1) is 21.7. The largest absolute Gasteiger partial charge is 0.352 e. The molecule has 0 aliphatic carbocycles. The number of benzene rings is 2. The van der Waals surface area contributed by atoms with Crippen LogP contribution in [0.1, 0.15) is 21.5 Å². The van der Waals surface area contributed by atoms with E-state index in [1.165, 1.54) is 23.8 Å². The molecule has 0 N–H and O–H groups in total. The van der Waals surface area contributed by atoms with E-state index in [0.717, 1.165) is 22.6 Å². The first-order valence-electron chi connectivity index (χ1n) is 10.2. The lowest BCUT2D eigenvalue weighted by molar-refractivity contribution is -0.384. The van der Waals surface area contributed by atoms with Crippen molar-refractivity contribution < 1.29 is 9.72 Å². The predicted octanol–water partition coefficient (Wildman–Crippen LogP) is 4.28. The number of hydrogen-bond donors (Lipinski definition) is 0. The highest BCUT2D eigenvalue weighted by atomic mass is 35.5. The molecule has 1 aliphatic heterocycles. The standard InChI is InChI=1S/C23H22ClN5O3/c1-15-3-5-18(16(2)13-15)21-7-8-22(26-25-21)27-9-11-28(12-10-27)23(30)19-14-17(29(31)32)4-6-20(19)24/h3-8,13-14H,9-12H2,1-2H3. The van der Waals surface area contributed by atoms with Gasteiger partial charge in [0.05, 0.1) is 21.2 Å². The average molecular weight is 452 g/mol. The second-order valence-electron chi connectivity index (χ2n) is 7.80. The summed E-state index contributed by atoms with van der Waals surface area (Å²) < 4.78 is 0. The second-order valence-corrected chi connectivity index (χ2v) is 8.20. The van der Waals surface area contributed by atoms with Crippen LogP contribution in [0, 0.1) is 24.0 Å². The van der Waals surface area contributed by atoms with Gasteiger partial charge >= 0.3 is 0 Å². The summed E-state index contributed by atoms with van der Waals surface area (Å²) in [5.74, 6) is 0.439. The van der Waals surface area contributed by atoms with E-state index in [-0.39, 0.29) is 22.2 Å². The number of amides is 1. The number of piperazine rings is 1. The van der Waals surface area contributed by atoms with E-state index in [2.05, 4.69) is 47.1 Å². The number of hydrogen-bond acceptors (Lipinski definition) is 6. The molecule has 2 heterocycles. The highest BCUT2D eigenvalue weighted by Gasteiger charge is 2.26. The van der Waals surface area contributed by atoms with Crippen molar-refractivity contribution in [1.29, 1.82) is 0 Å². The molecule has 9 heteroatoms. The molecule has 0 saturated carbocycles. The molecule has 4 rings (SSSR count). The van der Waals surface area contributed by atoms with E-state index in [1.807, 2.05) is 12.1 Å². The van der Waals surface area contributed by atoms with Gasteiger partial charge in [0.15, 0.2) is 5.82 Å². The normalized spacial score (nSPS) is 13.8. The van der Waals surface area contributed by atoms with Gasteiger partial charge in [0.25, 0.3) is 11.6 Å². The van der Waals surface area contributed by atoms with Crippen molar-refractivity contribution >= 4 is 29.0 Å². The summed E-state index contributed by atoms with van der Waals surface area (Å²) in [6.45, 7) is 6.19. The van der Waals surface area contributed by atoms with Crippen LogP contribution < -0.4 is 4.90 Å². The molecule has 1 aliphatic rings. The van der Waals surface area contributed by atoms with Gasteiger partial charge in [0, 0.05) is 43.9 Å². The summed E-state index contributed by atoms with van der Waals surface area (Å²) in [5.41, 5.74) is 4.22. The number of aromatic nitrogens is 2. The Morgan fingerprint density at radius 3 is 2.38 bits per heavy atom. The molecule has 3 aromatic rings. The zero-order valence-corrected chi connectivity index (χ0v) is 18.5. The van der Waals surface area contributed by atoms with Crippen molar-refractivity contribution in [3.8, 4) is 11.3 Å². The highest BCUT2D eigenvalue weighted by molar-refractivity contribution is 6.33. The zero-order valence-electron chi connectivity index (χ0n) is 17.8. The van der Waals surface area contributed by atoms with Crippen molar-refractivity contribution in [2.24, 2.45) is 0 Å². The number of non-ortho nitro benzene ring substituents is 1. The number of anilines is 1. The molecule has 0 unspecified atom stereocenters. The van der Waals surface area contributed by atoms with Crippen LogP contribution >= 0.6 is 11.6 Å². The molecule has 1 fully saturated rings. The fourth-order valence-electron chi connectivity index (χ4n) is 3.84. The minimum absolute atomic E-state index is 0.145. The maximum atomic E-state index is 12.9. The maximum absolute atomic E-state index is 12.9. The first-order chi connectivity index (χ1) is 15.3. The van der Waals surface area contributed by atoms with Gasteiger partial charge in [-0.15, -0.1) is 10.2 Å². The zero-order chi connectivity index (χ0) is 22.8. The van der Waals surface area contributed by atoms with E-state index in [4.69, 9.17) is 11.6 Å². The molecule has 0 bridgehead atoms. The molecule has 1 amide bonds. The van der Waals surface area contributed by atoms with Gasteiger partial charge in [-0.25, -0.2) is 0 Å². The number of nitro groups is 1. The number of halogens is 1. The van der Waals surface area contributed by atoms with Crippen LogP contribution in [-0.2, 0) is 0 Å². The van der Waals surface area contributed by atoms with Gasteiger partial charge in [-0.05, 0) is 37.6 Å². The fourth-order valence-corrected chi connectivity index (χ4v) is 4.04. The molecule has 2 aromatic carbocycles. The van der Waals surface area contributed by atoms with Gasteiger partial charge in [0.2, 0.25) is 0 Å². The summed E-state index contributed by atoms with van der Waals surface area (Å²) in [5, 5.41) is 20.0. The average Bonchev–Trinajstić information content (AvgIpc) is 2.79. The van der Waals surface area contributed by atoms with Crippen LogP contribution in [0.4, 0.5) is 11.5 Å². The molecule has 8 nitrogen and oxygen atoms in total. The Hall–Kier alpha value is -3.52. The smallest absolute Gasteiger partial charge is 0.270 e. The van der Waals surface area contributed by atoms with Gasteiger partial charge < -0.3 is 9.80 Å². The predicted molar refractivity (Wildman–Crippen MR) is 123 cm³/mol. The lowest BCUT2D eigenvalue weighted by Crippen LogP contribution is -2.49. The number of carbonyl (C=O) groups is 1. The van der Waals surface area contributed by atoms with E-state index in [9.17, 15) is 14.9 Å². The molecular formula is C23H22ClN5O3. The number of nitrogens with zero attached hydrogens (tertiary/aromatic N) is 5. The van der Waals surface area contributed by atoms with Crippen molar-refractivity contribution in [3.63, 3.8) is 0 Å². The van der Waals surface area contributed by atoms with Crippen molar-refractivity contribution in [3.05, 3.63) is 80.4 Å². The number of aryl methyl sites for hydroxylation is 2. The Morgan fingerprint density at radius 1 is 1.00 bits per heavy atom. The van der Waals surface area contributed by atoms with Crippen molar-refractivity contribution in [1.82, 2.24) is 15.1 Å². The molecule has 32 heavy (non-hydrogen) atoms. The van der Waals surface area contributed by atoms with Gasteiger partial charge in [0.1, 0.15) is 0 Å². The summed E-state index contributed by atoms with van der Waals surface area (Å²) in [4.78, 5) is 27.1. The second kappa shape index (κ2) is 8.92. The van der Waals surface area contributed by atoms with Crippen LogP contribution in [0.2, 0.25) is 5.02 Å². The Labute approximate surface area is 190 Å². The molecule has 164 valence electrons. The topological polar surface area (TPSA) is 92.5 Å². The van der Waals surface area contributed by atoms with Crippen LogP contribution in [0.15, 0.2) is 48.5 Å². The Bertz CT molecular complexity index is 1170. The summed E-state index contributed by atoms with van der Waals surface area (Å²) in [7, 11) is 0. The van der Waals surface area contributed by atoms with Crippen LogP contribution in [0.25, 0.3) is 11.3 Å². The molecule has 1 aromatic heterocycles. The monoisotopic (exact) mass is 451 g/mol. The summed E-state index contributed by atoms with van der Waals surface area (Å²) in [6.07, 6.45) is 0. The van der Waals surface area contributed by atoms with Crippen molar-refractivity contribution in [2.75, 3.05) is 31.1 Å². The minimum Gasteiger partial charge on any atom is -0.352 e. The van der Waals surface area contributed by atoms with Gasteiger partial charge in [-0.1, -0.05) is 35.4 Å². The van der Waals surface area contributed by atoms with E-state index in [0.29, 0.717) is 26.2 Å². The lowest BCUT2D eigenvalue weighted by Gasteiger charge is -2.35. The van der Waals surface area contributed by atoms with Gasteiger partial charge in [-0.3, -0.25) is 14.9 Å². The Balaban J connectivity index is 1.43. The molecule has 0 spiro atoms. The maximum Gasteiger partial charge on any atom is 0.270 e. The van der Waals surface area contributed by atoms with Crippen LogP contribution in [0.3, 0.4) is 0 Å². The molecule has 1 saturated heterocycles. The quantitative estimate of drug-likeness (QED) is 0.434. The number of carbonyl (C=O) groups excluding carboxylic acids is 1. The SMILES string of the molecule is Cc1ccc(-c2ccc(N3CCN(C(=O)c4cc([N+](=O)[O-])ccc4Cl)CC3)nn2)c(C)c1. The van der Waals surface area contributed by atoms with E-state index in [1.54, 1.807) is 4.90 Å². The third kappa shape index (κ3) is 4.40. The lowest BCUT2D eigenvalue weighted by atomic mass is 10.0. The Morgan fingerprint density at radius 2 is 1.75 bits per heavy atom. The molecule has 0 atom stereocenters. The Kier molecular flexibility index (Phi) is 6.05. The van der Waals surface area contributed by atoms with Gasteiger partial charge in [-0.2, -0.15) is 0 Å². The van der Waals surface area contributed by atoms with Crippen LogP contribution in [0.5, 0.6) is 0 Å². The first-order valence-corrected chi connectivity index (χ1v) is 10.6. The van der Waals surface area contributed by atoms with Crippen molar-refractivity contribution in [2.45, 2.75) is 13.8 Å². The molecular weight excluding hydrogens is 430 g/mol.